The second kappa shape index (κ2) is 8.24. The fraction of sp³-hybridized carbons (Fsp3) is 1.00. The number of hydroxylamine groups is 2. The monoisotopic (exact) mass is 331 g/mol. The van der Waals surface area contributed by atoms with Crippen molar-refractivity contribution in [2.45, 2.75) is 90.9 Å². The molecule has 1 saturated heterocycles. The lowest BCUT2D eigenvalue weighted by Gasteiger charge is -2.51. The van der Waals surface area contributed by atoms with Crippen LogP contribution in [-0.4, -0.2) is 44.5 Å². The summed E-state index contributed by atoms with van der Waals surface area (Å²) < 4.78 is 11.8. The van der Waals surface area contributed by atoms with Gasteiger partial charge in [-0.2, -0.15) is 5.06 Å². The van der Waals surface area contributed by atoms with E-state index in [0.29, 0.717) is 0 Å². The predicted molar refractivity (Wildman–Crippen MR) is 94.1 cm³/mol. The summed E-state index contributed by atoms with van der Waals surface area (Å²) in [6.07, 6.45) is 4.66. The zero-order chi connectivity index (χ0) is 16.9. The summed E-state index contributed by atoms with van der Waals surface area (Å²) in [7, 11) is -2.01. The molecule has 1 aliphatic heterocycles. The maximum atomic E-state index is 6.21. The first-order valence-corrected chi connectivity index (χ1v) is 11.4. The van der Waals surface area contributed by atoms with Crippen molar-refractivity contribution in [1.82, 2.24) is 5.06 Å². The first-order chi connectivity index (χ1) is 10.2. The summed E-state index contributed by atoms with van der Waals surface area (Å²) >= 11 is 0. The minimum Gasteiger partial charge on any atom is -0.395 e. The lowest BCUT2D eigenvalue weighted by Crippen LogP contribution is -2.58. The van der Waals surface area contributed by atoms with Crippen molar-refractivity contribution in [1.29, 1.82) is 0 Å². The second-order valence-corrected chi connectivity index (χ2v) is 11.1. The van der Waals surface area contributed by atoms with Gasteiger partial charge in [-0.1, -0.05) is 0 Å². The molecule has 0 aromatic heterocycles. The van der Waals surface area contributed by atoms with Gasteiger partial charge in [0.05, 0.1) is 6.61 Å². The van der Waals surface area contributed by atoms with Gasteiger partial charge in [-0.05, 0) is 79.8 Å². The molecule has 0 aromatic rings. The van der Waals surface area contributed by atoms with E-state index >= 15 is 0 Å². The second-order valence-electron chi connectivity index (χ2n) is 7.71. The summed E-state index contributed by atoms with van der Waals surface area (Å²) in [5.74, 6) is 0. The van der Waals surface area contributed by atoms with E-state index in [1.165, 1.54) is 19.3 Å². The highest BCUT2D eigenvalue weighted by atomic mass is 28.4. The molecule has 0 aliphatic carbocycles. The van der Waals surface area contributed by atoms with E-state index in [9.17, 15) is 0 Å². The normalized spacial score (nSPS) is 22.0. The first kappa shape index (κ1) is 20.1. The molecule has 0 radical (unpaired) electrons. The van der Waals surface area contributed by atoms with Crippen molar-refractivity contribution in [2.24, 2.45) is 0 Å². The Labute approximate surface area is 138 Å². The van der Waals surface area contributed by atoms with Gasteiger partial charge in [0.25, 0.3) is 0 Å². The summed E-state index contributed by atoms with van der Waals surface area (Å²) in [5, 5.41) is 2.24. The van der Waals surface area contributed by atoms with E-state index in [0.717, 1.165) is 32.3 Å². The Morgan fingerprint density at radius 2 is 1.45 bits per heavy atom. The Morgan fingerprint density at radius 3 is 1.91 bits per heavy atom. The zero-order valence-corrected chi connectivity index (χ0v) is 16.8. The van der Waals surface area contributed by atoms with E-state index in [2.05, 4.69) is 39.3 Å². The fourth-order valence-corrected chi connectivity index (χ4v) is 6.05. The van der Waals surface area contributed by atoms with Crippen LogP contribution in [0.25, 0.3) is 0 Å². The molecule has 1 rings (SSSR count). The summed E-state index contributed by atoms with van der Waals surface area (Å²) in [5.41, 5.74) is 0.227. The molecule has 0 spiro atoms. The van der Waals surface area contributed by atoms with E-state index in [4.69, 9.17) is 13.7 Å². The van der Waals surface area contributed by atoms with Crippen LogP contribution in [0.15, 0.2) is 0 Å². The van der Waals surface area contributed by atoms with Crippen LogP contribution in [0.5, 0.6) is 0 Å². The lowest BCUT2D eigenvalue weighted by molar-refractivity contribution is -0.280. The predicted octanol–water partition coefficient (Wildman–Crippen LogP) is 4.50. The lowest BCUT2D eigenvalue weighted by atomic mass is 9.82. The molecule has 132 valence electrons. The van der Waals surface area contributed by atoms with Gasteiger partial charge in [0.1, 0.15) is 0 Å². The van der Waals surface area contributed by atoms with Gasteiger partial charge in [0.15, 0.2) is 0 Å². The van der Waals surface area contributed by atoms with Crippen LogP contribution >= 0.6 is 0 Å². The van der Waals surface area contributed by atoms with Crippen LogP contribution in [0.3, 0.4) is 0 Å². The molecule has 0 unspecified atom stereocenters. The first-order valence-electron chi connectivity index (χ1n) is 8.88. The molecule has 0 saturated carbocycles. The summed E-state index contributed by atoms with van der Waals surface area (Å²) in [6, 6.07) is 0.989. The highest BCUT2D eigenvalue weighted by Gasteiger charge is 2.42. The van der Waals surface area contributed by atoms with Crippen LogP contribution in [-0.2, 0) is 13.7 Å². The molecular formula is C17H37NO3Si. The number of nitrogens with zero attached hydrogens (tertiary/aromatic N) is 1. The van der Waals surface area contributed by atoms with Crippen molar-refractivity contribution in [3.05, 3.63) is 0 Å². The van der Waals surface area contributed by atoms with Gasteiger partial charge >= 0.3 is 8.56 Å². The van der Waals surface area contributed by atoms with Crippen LogP contribution in [0.4, 0.5) is 0 Å². The highest BCUT2D eigenvalue weighted by Crippen LogP contribution is 2.38. The molecule has 0 atom stereocenters. The van der Waals surface area contributed by atoms with E-state index < -0.39 is 8.56 Å². The summed E-state index contributed by atoms with van der Waals surface area (Å²) in [4.78, 5) is 6.21. The Hall–Kier alpha value is 0.0569. The highest BCUT2D eigenvalue weighted by molar-refractivity contribution is 6.66. The minimum absolute atomic E-state index is 0.113. The largest absolute Gasteiger partial charge is 0.395 e. The van der Waals surface area contributed by atoms with Crippen molar-refractivity contribution in [3.63, 3.8) is 0 Å². The Morgan fingerprint density at radius 1 is 0.955 bits per heavy atom. The van der Waals surface area contributed by atoms with Crippen molar-refractivity contribution < 1.29 is 13.7 Å². The van der Waals surface area contributed by atoms with Crippen LogP contribution in [0.2, 0.25) is 12.6 Å². The van der Waals surface area contributed by atoms with Crippen molar-refractivity contribution in [3.8, 4) is 0 Å². The Balaban J connectivity index is 2.48. The molecular weight excluding hydrogens is 294 g/mol. The van der Waals surface area contributed by atoms with E-state index in [-0.39, 0.29) is 11.1 Å². The molecule has 5 heteroatoms. The standard InChI is InChI=1S/C17H37NO3Si/c1-8-20-22(7,21-9-2)15-11-14-19-18-16(3,4)12-10-13-17(18,5)6/h8-15H2,1-7H3. The molecule has 22 heavy (non-hydrogen) atoms. The third-order valence-electron chi connectivity index (χ3n) is 4.57. The fourth-order valence-electron chi connectivity index (χ4n) is 3.67. The Bertz CT molecular complexity index is 312. The topological polar surface area (TPSA) is 30.9 Å². The molecule has 4 nitrogen and oxygen atoms in total. The summed E-state index contributed by atoms with van der Waals surface area (Å²) in [6.45, 7) is 17.6. The van der Waals surface area contributed by atoms with Gasteiger partial charge in [0, 0.05) is 24.3 Å². The van der Waals surface area contributed by atoms with E-state index in [1.807, 2.05) is 13.8 Å². The van der Waals surface area contributed by atoms with Crippen molar-refractivity contribution in [2.75, 3.05) is 19.8 Å². The SMILES string of the molecule is CCO[Si](C)(CCCON1C(C)(C)CCCC1(C)C)OCC. The molecule has 0 aromatic carbocycles. The molecule has 1 heterocycles. The maximum Gasteiger partial charge on any atom is 0.334 e. The Kier molecular flexibility index (Phi) is 7.53. The maximum absolute atomic E-state index is 6.21. The number of hydrogen-bond donors (Lipinski definition) is 0. The molecule has 0 bridgehead atoms. The quantitative estimate of drug-likeness (QED) is 0.460. The van der Waals surface area contributed by atoms with Gasteiger partial charge in [0.2, 0.25) is 0 Å². The average Bonchev–Trinajstić information content (AvgIpc) is 2.36. The molecule has 1 fully saturated rings. The smallest absolute Gasteiger partial charge is 0.334 e. The third-order valence-corrected chi connectivity index (χ3v) is 7.63. The van der Waals surface area contributed by atoms with Gasteiger partial charge in [-0.3, -0.25) is 4.84 Å². The molecule has 1 aliphatic rings. The molecule has 0 N–H and O–H groups in total. The minimum atomic E-state index is -2.01. The van der Waals surface area contributed by atoms with Crippen molar-refractivity contribution >= 4 is 8.56 Å². The van der Waals surface area contributed by atoms with Gasteiger partial charge < -0.3 is 8.85 Å². The number of piperidine rings is 1. The van der Waals surface area contributed by atoms with Gasteiger partial charge in [-0.15, -0.1) is 0 Å². The van der Waals surface area contributed by atoms with E-state index in [1.54, 1.807) is 0 Å². The number of rotatable bonds is 9. The van der Waals surface area contributed by atoms with Crippen LogP contribution < -0.4 is 0 Å². The number of hydrogen-bond acceptors (Lipinski definition) is 4. The third kappa shape index (κ3) is 5.60. The van der Waals surface area contributed by atoms with Crippen LogP contribution in [0, 0.1) is 0 Å². The van der Waals surface area contributed by atoms with Gasteiger partial charge in [-0.25, -0.2) is 0 Å². The van der Waals surface area contributed by atoms with Crippen LogP contribution in [0.1, 0.15) is 67.2 Å². The average molecular weight is 332 g/mol. The zero-order valence-electron chi connectivity index (χ0n) is 15.8. The molecule has 0 amide bonds.